The van der Waals surface area contributed by atoms with Crippen LogP contribution in [0.1, 0.15) is 10.4 Å². The predicted octanol–water partition coefficient (Wildman–Crippen LogP) is 1.46. The van der Waals surface area contributed by atoms with Crippen molar-refractivity contribution in [1.82, 2.24) is 5.32 Å². The third kappa shape index (κ3) is 5.61. The number of esters is 1. The predicted molar refractivity (Wildman–Crippen MR) is 95.5 cm³/mol. The van der Waals surface area contributed by atoms with Gasteiger partial charge in [0, 0.05) is 18.3 Å². The van der Waals surface area contributed by atoms with Crippen LogP contribution in [0.4, 0.5) is 5.69 Å². The molecule has 2 rings (SSSR count). The molecule has 0 saturated heterocycles. The van der Waals surface area contributed by atoms with Crippen LogP contribution >= 0.6 is 0 Å². The van der Waals surface area contributed by atoms with Gasteiger partial charge in [0.05, 0.1) is 13.2 Å². The van der Waals surface area contributed by atoms with E-state index in [9.17, 15) is 14.7 Å². The van der Waals surface area contributed by atoms with Crippen LogP contribution in [0.15, 0.2) is 60.7 Å². The average molecular weight is 342 g/mol. The highest BCUT2D eigenvalue weighted by Gasteiger charge is 2.22. The van der Waals surface area contributed by atoms with Crippen LogP contribution in [-0.4, -0.2) is 49.8 Å². The minimum absolute atomic E-state index is 0.155. The van der Waals surface area contributed by atoms with Crippen LogP contribution < -0.4 is 10.2 Å². The smallest absolute Gasteiger partial charge is 0.331 e. The van der Waals surface area contributed by atoms with Gasteiger partial charge in [0.25, 0.3) is 5.91 Å². The maximum Gasteiger partial charge on any atom is 0.331 e. The van der Waals surface area contributed by atoms with E-state index >= 15 is 0 Å². The Labute approximate surface area is 147 Å². The molecule has 0 aliphatic carbocycles. The molecule has 0 bridgehead atoms. The average Bonchev–Trinajstić information content (AvgIpc) is 2.67. The summed E-state index contributed by atoms with van der Waals surface area (Å²) in [7, 11) is 1.89. The number of nitrogens with zero attached hydrogens (tertiary/aromatic N) is 1. The van der Waals surface area contributed by atoms with Crippen molar-refractivity contribution >= 4 is 17.6 Å². The van der Waals surface area contributed by atoms with Gasteiger partial charge < -0.3 is 20.1 Å². The fraction of sp³-hybridized carbons (Fsp3) is 0.263. The van der Waals surface area contributed by atoms with Gasteiger partial charge in [-0.1, -0.05) is 36.4 Å². The Morgan fingerprint density at radius 3 is 2.28 bits per heavy atom. The van der Waals surface area contributed by atoms with Crippen LogP contribution in [0, 0.1) is 0 Å². The zero-order valence-electron chi connectivity index (χ0n) is 14.1. The van der Waals surface area contributed by atoms with Crippen LogP contribution in [-0.2, 0) is 9.53 Å². The summed E-state index contributed by atoms with van der Waals surface area (Å²) in [5, 5.41) is 11.8. The number of ether oxygens (including phenoxy) is 1. The number of amides is 1. The second kappa shape index (κ2) is 9.44. The monoisotopic (exact) mass is 342 g/mol. The van der Waals surface area contributed by atoms with Gasteiger partial charge in [-0.25, -0.2) is 4.79 Å². The lowest BCUT2D eigenvalue weighted by Crippen LogP contribution is -2.44. The van der Waals surface area contributed by atoms with E-state index < -0.39 is 24.5 Å². The molecule has 132 valence electrons. The van der Waals surface area contributed by atoms with Crippen LogP contribution in [0.25, 0.3) is 0 Å². The third-order valence-electron chi connectivity index (χ3n) is 3.68. The molecule has 0 radical (unpaired) electrons. The number of hydrogen-bond acceptors (Lipinski definition) is 5. The second-order valence-electron chi connectivity index (χ2n) is 5.50. The van der Waals surface area contributed by atoms with Crippen molar-refractivity contribution in [3.8, 4) is 0 Å². The van der Waals surface area contributed by atoms with Crippen molar-refractivity contribution in [3.63, 3.8) is 0 Å². The number of likely N-dealkylation sites (N-methyl/N-ethyl adjacent to an activating group) is 1. The molecule has 0 spiro atoms. The van der Waals surface area contributed by atoms with Gasteiger partial charge in [-0.2, -0.15) is 0 Å². The molecule has 0 aliphatic rings. The van der Waals surface area contributed by atoms with Crippen molar-refractivity contribution in [3.05, 3.63) is 66.2 Å². The number of nitrogens with one attached hydrogen (secondary N) is 1. The van der Waals surface area contributed by atoms with Crippen molar-refractivity contribution in [2.75, 3.05) is 31.7 Å². The maximum atomic E-state index is 12.0. The highest BCUT2D eigenvalue weighted by atomic mass is 16.5. The molecule has 0 aromatic heterocycles. The Bertz CT molecular complexity index is 676. The molecule has 0 heterocycles. The summed E-state index contributed by atoms with van der Waals surface area (Å²) in [5.74, 6) is -1.09. The van der Waals surface area contributed by atoms with Crippen molar-refractivity contribution in [2.45, 2.75) is 6.04 Å². The summed E-state index contributed by atoms with van der Waals surface area (Å²) >= 11 is 0. The lowest BCUT2D eigenvalue weighted by Gasteiger charge is -2.20. The molecule has 2 N–H and O–H groups in total. The fourth-order valence-electron chi connectivity index (χ4n) is 2.21. The first kappa shape index (κ1) is 18.5. The highest BCUT2D eigenvalue weighted by molar-refractivity contribution is 5.96. The minimum Gasteiger partial charge on any atom is -0.462 e. The number of carbonyl (C=O) groups excluding carboxylic acids is 2. The Kier molecular flexibility index (Phi) is 6.98. The van der Waals surface area contributed by atoms with E-state index in [0.29, 0.717) is 12.1 Å². The molecular formula is C19H22N2O4. The number of para-hydroxylation sites is 1. The molecule has 1 amide bonds. The zero-order valence-corrected chi connectivity index (χ0v) is 14.1. The number of benzene rings is 2. The summed E-state index contributed by atoms with van der Waals surface area (Å²) in [5.41, 5.74) is 1.42. The quantitative estimate of drug-likeness (QED) is 0.710. The van der Waals surface area contributed by atoms with E-state index in [1.54, 1.807) is 30.3 Å². The van der Waals surface area contributed by atoms with Crippen LogP contribution in [0.2, 0.25) is 0 Å². The standard InChI is InChI=1S/C19H22N2O4/c1-21(16-10-6-3-7-11-16)12-13-25-19(24)17(14-22)20-18(23)15-8-4-2-5-9-15/h2-11,17,22H,12-14H2,1H3,(H,20,23)/t17-/m1/s1. The van der Waals surface area contributed by atoms with Gasteiger partial charge in [-0.15, -0.1) is 0 Å². The SMILES string of the molecule is CN(CCOC(=O)[C@@H](CO)NC(=O)c1ccccc1)c1ccccc1. The molecule has 0 fully saturated rings. The van der Waals surface area contributed by atoms with Gasteiger partial charge in [-0.05, 0) is 24.3 Å². The fourth-order valence-corrected chi connectivity index (χ4v) is 2.21. The first-order valence-corrected chi connectivity index (χ1v) is 8.01. The lowest BCUT2D eigenvalue weighted by molar-refractivity contribution is -0.146. The molecular weight excluding hydrogens is 320 g/mol. The third-order valence-corrected chi connectivity index (χ3v) is 3.68. The van der Waals surface area contributed by atoms with Gasteiger partial charge in [0.1, 0.15) is 6.61 Å². The first-order chi connectivity index (χ1) is 12.1. The van der Waals surface area contributed by atoms with Crippen molar-refractivity contribution in [2.24, 2.45) is 0 Å². The Hall–Kier alpha value is -2.86. The Morgan fingerprint density at radius 1 is 1.08 bits per heavy atom. The molecule has 6 nitrogen and oxygen atoms in total. The maximum absolute atomic E-state index is 12.0. The molecule has 0 aliphatic heterocycles. The summed E-state index contributed by atoms with van der Waals surface area (Å²) in [6.07, 6.45) is 0. The van der Waals surface area contributed by atoms with Crippen LogP contribution in [0.5, 0.6) is 0 Å². The molecule has 6 heteroatoms. The normalized spacial score (nSPS) is 11.4. The van der Waals surface area contributed by atoms with Gasteiger partial charge >= 0.3 is 5.97 Å². The number of rotatable bonds is 8. The van der Waals surface area contributed by atoms with Crippen molar-refractivity contribution in [1.29, 1.82) is 0 Å². The number of aliphatic hydroxyl groups is 1. The van der Waals surface area contributed by atoms with E-state index in [-0.39, 0.29) is 6.61 Å². The zero-order chi connectivity index (χ0) is 18.1. The van der Waals surface area contributed by atoms with Gasteiger partial charge in [0.15, 0.2) is 6.04 Å². The van der Waals surface area contributed by atoms with E-state index in [2.05, 4.69) is 5.32 Å². The topological polar surface area (TPSA) is 78.9 Å². The van der Waals surface area contributed by atoms with E-state index in [0.717, 1.165) is 5.69 Å². The Morgan fingerprint density at radius 2 is 1.68 bits per heavy atom. The lowest BCUT2D eigenvalue weighted by atomic mass is 10.2. The summed E-state index contributed by atoms with van der Waals surface area (Å²) in [6.45, 7) is 0.133. The number of carbonyl (C=O) groups is 2. The van der Waals surface area contributed by atoms with Gasteiger partial charge in [0.2, 0.25) is 0 Å². The molecule has 0 unspecified atom stereocenters. The summed E-state index contributed by atoms with van der Waals surface area (Å²) < 4.78 is 5.17. The Balaban J connectivity index is 1.80. The van der Waals surface area contributed by atoms with Crippen molar-refractivity contribution < 1.29 is 19.4 Å². The molecule has 1 atom stereocenters. The minimum atomic E-state index is -1.09. The largest absolute Gasteiger partial charge is 0.462 e. The molecule has 0 saturated carbocycles. The van der Waals surface area contributed by atoms with Crippen LogP contribution in [0.3, 0.4) is 0 Å². The highest BCUT2D eigenvalue weighted by Crippen LogP contribution is 2.10. The second-order valence-corrected chi connectivity index (χ2v) is 5.50. The number of aliphatic hydroxyl groups excluding tert-OH is 1. The summed E-state index contributed by atoms with van der Waals surface area (Å²) in [6, 6.07) is 17.1. The molecule has 2 aromatic rings. The van der Waals surface area contributed by atoms with E-state index in [1.165, 1.54) is 0 Å². The molecule has 25 heavy (non-hydrogen) atoms. The van der Waals surface area contributed by atoms with E-state index in [1.807, 2.05) is 42.3 Å². The first-order valence-electron chi connectivity index (χ1n) is 8.01. The molecule has 2 aromatic carbocycles. The number of hydrogen-bond donors (Lipinski definition) is 2. The van der Waals surface area contributed by atoms with Gasteiger partial charge in [-0.3, -0.25) is 4.79 Å². The number of anilines is 1. The summed E-state index contributed by atoms with van der Waals surface area (Å²) in [4.78, 5) is 26.0. The van der Waals surface area contributed by atoms with E-state index in [4.69, 9.17) is 4.74 Å².